The summed E-state index contributed by atoms with van der Waals surface area (Å²) < 4.78 is 33.9. The molecule has 4 aromatic rings. The van der Waals surface area contributed by atoms with E-state index in [1.54, 1.807) is 69.3 Å². The first-order valence-electron chi connectivity index (χ1n) is 23.3. The first kappa shape index (κ1) is 54.3. The molecule has 0 atom stereocenters. The molecule has 4 N–H and O–H groups in total. The van der Waals surface area contributed by atoms with Gasteiger partial charge in [0.15, 0.2) is 0 Å². The molecule has 0 saturated heterocycles. The summed E-state index contributed by atoms with van der Waals surface area (Å²) in [5.41, 5.74) is 1.52. The Bertz CT molecular complexity index is 2230. The van der Waals surface area contributed by atoms with E-state index in [0.29, 0.717) is 47.4 Å². The molecule has 0 spiro atoms. The zero-order valence-electron chi connectivity index (χ0n) is 40.0. The van der Waals surface area contributed by atoms with Crippen LogP contribution in [0, 0.1) is 20.2 Å². The fraction of sp³-hybridized carbons (Fsp3) is 0.460. The number of nitrogens with zero attached hydrogens (tertiary/aromatic N) is 2. The smallest absolute Gasteiger partial charge is 0.407 e. The molecule has 0 heterocycles. The molecule has 69 heavy (non-hydrogen) atoms. The molecule has 0 aromatic heterocycles. The fourth-order valence-electron chi connectivity index (χ4n) is 6.75. The van der Waals surface area contributed by atoms with Gasteiger partial charge in [-0.2, -0.15) is 0 Å². The highest BCUT2D eigenvalue weighted by Crippen LogP contribution is 2.26. The highest BCUT2D eigenvalue weighted by molar-refractivity contribution is 5.95. The van der Waals surface area contributed by atoms with Gasteiger partial charge in [0.2, 0.25) is 0 Å². The molecule has 2 amide bonds. The average Bonchev–Trinajstić information content (AvgIpc) is 3.32. The summed E-state index contributed by atoms with van der Waals surface area (Å²) in [4.78, 5) is 58.8. The van der Waals surface area contributed by atoms with Crippen molar-refractivity contribution in [2.45, 2.75) is 90.6 Å². The molecule has 19 heteroatoms. The topological polar surface area (TPSA) is 241 Å². The molecule has 4 rings (SSSR count). The fourth-order valence-corrected chi connectivity index (χ4v) is 6.75. The maximum atomic E-state index is 13.4. The van der Waals surface area contributed by atoms with Gasteiger partial charge in [0.05, 0.1) is 42.2 Å². The molecule has 19 nitrogen and oxygen atoms in total. The van der Waals surface area contributed by atoms with Crippen molar-refractivity contribution in [3.63, 3.8) is 0 Å². The third-order valence-corrected chi connectivity index (χ3v) is 10.2. The van der Waals surface area contributed by atoms with Crippen LogP contribution in [0.3, 0.4) is 0 Å². The van der Waals surface area contributed by atoms with Crippen LogP contribution in [0.15, 0.2) is 84.9 Å². The second kappa shape index (κ2) is 29.4. The second-order valence-electron chi connectivity index (χ2n) is 17.0. The number of unbranched alkanes of at least 4 members (excludes halogenated alkanes) is 9. The third-order valence-electron chi connectivity index (χ3n) is 10.2. The quantitative estimate of drug-likeness (QED) is 0.0154. The summed E-state index contributed by atoms with van der Waals surface area (Å²) in [6, 6.07) is 22.1. The summed E-state index contributed by atoms with van der Waals surface area (Å²) in [5, 5.41) is 33.8. The molecular formula is C50H66N6O13. The van der Waals surface area contributed by atoms with E-state index in [0.717, 1.165) is 50.8 Å². The van der Waals surface area contributed by atoms with E-state index in [9.17, 15) is 34.6 Å². The van der Waals surface area contributed by atoms with Crippen molar-refractivity contribution in [3.05, 3.63) is 116 Å². The van der Waals surface area contributed by atoms with Gasteiger partial charge in [-0.25, -0.2) is 9.59 Å². The number of benzene rings is 4. The number of hydrogen-bond acceptors (Lipinski definition) is 15. The Kier molecular flexibility index (Phi) is 23.2. The molecule has 374 valence electrons. The van der Waals surface area contributed by atoms with Gasteiger partial charge in [-0.15, -0.1) is 0 Å². The van der Waals surface area contributed by atoms with Crippen LogP contribution in [0.2, 0.25) is 0 Å². The average molecular weight is 959 g/mol. The molecule has 0 unspecified atom stereocenters. The normalized spacial score (nSPS) is 10.9. The van der Waals surface area contributed by atoms with E-state index in [4.69, 9.17) is 28.4 Å². The molecule has 0 aliphatic rings. The van der Waals surface area contributed by atoms with Gasteiger partial charge in [-0.1, -0.05) is 51.4 Å². The molecule has 0 bridgehead atoms. The number of methoxy groups -OCH3 is 1. The summed E-state index contributed by atoms with van der Waals surface area (Å²) in [6.45, 7) is 7.60. The number of ether oxygens (including phenoxy) is 6. The number of amides is 2. The van der Waals surface area contributed by atoms with Crippen LogP contribution < -0.4 is 40.2 Å². The van der Waals surface area contributed by atoms with Gasteiger partial charge in [0.25, 0.3) is 17.3 Å². The molecule has 0 aliphatic heterocycles. The zero-order chi connectivity index (χ0) is 49.9. The number of non-ortho nitro benzene ring substituents is 2. The lowest BCUT2D eigenvalue weighted by atomic mass is 10.1. The maximum absolute atomic E-state index is 13.4. The SMILES string of the molecule is COC(=O)c1cc(OCCNC(=O)OC(C)(C)C)cc(OCCNC(=O)c2cc(OCCCCCCCCCCCCNc3ccc([N+](=O)[O-])cc3)cc(OCCNc3ccc([N+](=O)[O-])cc3)c2)c1. The summed E-state index contributed by atoms with van der Waals surface area (Å²) >= 11 is 0. The van der Waals surface area contributed by atoms with Gasteiger partial charge in [-0.3, -0.25) is 25.0 Å². The van der Waals surface area contributed by atoms with Crippen LogP contribution in [0.4, 0.5) is 27.5 Å². The first-order valence-corrected chi connectivity index (χ1v) is 23.3. The number of rotatable bonds is 32. The van der Waals surface area contributed by atoms with Crippen LogP contribution in [-0.2, 0) is 9.47 Å². The number of nitro benzene ring substituents is 2. The highest BCUT2D eigenvalue weighted by Gasteiger charge is 2.17. The molecule has 0 radical (unpaired) electrons. The van der Waals surface area contributed by atoms with E-state index in [2.05, 4.69) is 21.3 Å². The van der Waals surface area contributed by atoms with E-state index < -0.39 is 27.5 Å². The molecule has 0 aliphatic carbocycles. The highest BCUT2D eigenvalue weighted by atomic mass is 16.6. The Balaban J connectivity index is 1.21. The van der Waals surface area contributed by atoms with Crippen molar-refractivity contribution in [2.24, 2.45) is 0 Å². The molecular weight excluding hydrogens is 893 g/mol. The number of carbonyl (C=O) groups is 3. The number of hydrogen-bond donors (Lipinski definition) is 4. The standard InChI is InChI=1S/C50H66N6O13/c1-50(2,3)69-49(59)54-26-30-68-46-34-38(48(58)64-4)33-45(36-46)67-29-25-53-47(57)37-31-43(35-44(32-37)66-28-24-52-40-17-21-42(22-18-40)56(62)63)65-27-14-12-10-8-6-5-7-9-11-13-23-51-39-15-19-41(20-16-39)55(60)61/h15-22,31-36,51-52H,5-14,23-30H2,1-4H3,(H,53,57)(H,54,59). The minimum absolute atomic E-state index is 0.00585. The summed E-state index contributed by atoms with van der Waals surface area (Å²) in [7, 11) is 1.26. The lowest BCUT2D eigenvalue weighted by Gasteiger charge is -2.19. The largest absolute Gasteiger partial charge is 0.493 e. The Morgan fingerprint density at radius 2 is 0.913 bits per heavy atom. The lowest BCUT2D eigenvalue weighted by Crippen LogP contribution is -2.34. The minimum Gasteiger partial charge on any atom is -0.493 e. The van der Waals surface area contributed by atoms with E-state index in [1.165, 1.54) is 69.2 Å². The van der Waals surface area contributed by atoms with Gasteiger partial charge >= 0.3 is 12.1 Å². The second-order valence-corrected chi connectivity index (χ2v) is 17.0. The lowest BCUT2D eigenvalue weighted by molar-refractivity contribution is -0.385. The van der Waals surface area contributed by atoms with E-state index in [-0.39, 0.29) is 55.8 Å². The Hall–Kier alpha value is -7.31. The van der Waals surface area contributed by atoms with Crippen molar-refractivity contribution in [2.75, 3.05) is 70.3 Å². The number of carbonyl (C=O) groups excluding carboxylic acids is 3. The Morgan fingerprint density at radius 3 is 1.38 bits per heavy atom. The van der Waals surface area contributed by atoms with Crippen LogP contribution in [0.5, 0.6) is 23.0 Å². The predicted octanol–water partition coefficient (Wildman–Crippen LogP) is 9.88. The van der Waals surface area contributed by atoms with Gasteiger partial charge in [0, 0.05) is 66.4 Å². The van der Waals surface area contributed by atoms with Crippen LogP contribution in [0.25, 0.3) is 0 Å². The maximum Gasteiger partial charge on any atom is 0.407 e. The van der Waals surface area contributed by atoms with Crippen LogP contribution in [0.1, 0.15) is 106 Å². The summed E-state index contributed by atoms with van der Waals surface area (Å²) in [5.74, 6) is 0.528. The van der Waals surface area contributed by atoms with Gasteiger partial charge in [0.1, 0.15) is 48.4 Å². The van der Waals surface area contributed by atoms with Gasteiger partial charge < -0.3 is 49.7 Å². The first-order chi connectivity index (χ1) is 33.2. The monoisotopic (exact) mass is 958 g/mol. The van der Waals surface area contributed by atoms with Crippen molar-refractivity contribution in [3.8, 4) is 23.0 Å². The van der Waals surface area contributed by atoms with Crippen molar-refractivity contribution >= 4 is 40.7 Å². The van der Waals surface area contributed by atoms with Crippen LogP contribution in [-0.4, -0.2) is 93.1 Å². The van der Waals surface area contributed by atoms with Crippen molar-refractivity contribution < 1.29 is 52.7 Å². The molecule has 0 fully saturated rings. The van der Waals surface area contributed by atoms with E-state index in [1.807, 2.05) is 0 Å². The Labute approximate surface area is 403 Å². The number of alkyl carbamates (subject to hydrolysis) is 1. The number of nitro groups is 2. The van der Waals surface area contributed by atoms with Gasteiger partial charge in [-0.05, 0) is 82.1 Å². The summed E-state index contributed by atoms with van der Waals surface area (Å²) in [6.07, 6.45) is 10.4. The molecule has 4 aromatic carbocycles. The predicted molar refractivity (Wildman–Crippen MR) is 262 cm³/mol. The molecule has 0 saturated carbocycles. The number of esters is 1. The number of nitrogens with one attached hydrogen (secondary N) is 4. The minimum atomic E-state index is -0.645. The van der Waals surface area contributed by atoms with E-state index >= 15 is 0 Å². The van der Waals surface area contributed by atoms with Crippen molar-refractivity contribution in [1.29, 1.82) is 0 Å². The Morgan fingerprint density at radius 1 is 0.507 bits per heavy atom. The van der Waals surface area contributed by atoms with Crippen molar-refractivity contribution in [1.82, 2.24) is 10.6 Å². The third kappa shape index (κ3) is 21.9. The zero-order valence-corrected chi connectivity index (χ0v) is 40.0. The number of anilines is 2. The van der Waals surface area contributed by atoms with Crippen LogP contribution >= 0.6 is 0 Å².